The van der Waals surface area contributed by atoms with Crippen LogP contribution in [0.2, 0.25) is 0 Å². The maximum absolute atomic E-state index is 6.10. The van der Waals surface area contributed by atoms with Crippen LogP contribution < -0.4 is 5.73 Å². The molecule has 1 unspecified atom stereocenters. The molecule has 1 aromatic heterocycles. The lowest BCUT2D eigenvalue weighted by molar-refractivity contribution is 0.186. The third kappa shape index (κ3) is 2.41. The third-order valence-electron chi connectivity index (χ3n) is 3.10. The zero-order valence-corrected chi connectivity index (χ0v) is 9.85. The van der Waals surface area contributed by atoms with Crippen LogP contribution in [0.5, 0.6) is 0 Å². The maximum atomic E-state index is 6.10. The Hall–Kier alpha value is -0.940. The largest absolute Gasteiger partial charge is 0.385 e. The van der Waals surface area contributed by atoms with Gasteiger partial charge in [-0.25, -0.2) is 0 Å². The first-order valence-electron chi connectivity index (χ1n) is 5.99. The molecule has 1 aromatic rings. The van der Waals surface area contributed by atoms with Crippen LogP contribution in [-0.2, 0) is 17.7 Å². The van der Waals surface area contributed by atoms with Crippen LogP contribution in [0.4, 0.5) is 0 Å². The number of fused-ring (bicyclic) bond motifs is 1. The standard InChI is InChI=1S/C11H20N4O/c1-16-8-6-9(12)11-14-13-10-5-3-2-4-7-15(10)11/h9H,2-8,12H2,1H3. The quantitative estimate of drug-likeness (QED) is 0.830. The molecule has 1 atom stereocenters. The van der Waals surface area contributed by atoms with Crippen molar-refractivity contribution < 1.29 is 4.74 Å². The minimum atomic E-state index is -0.0562. The molecule has 0 fully saturated rings. The Morgan fingerprint density at radius 3 is 3.06 bits per heavy atom. The van der Waals surface area contributed by atoms with Gasteiger partial charge in [-0.15, -0.1) is 10.2 Å². The summed E-state index contributed by atoms with van der Waals surface area (Å²) in [5.41, 5.74) is 6.10. The molecule has 5 heteroatoms. The van der Waals surface area contributed by atoms with Crippen molar-refractivity contribution in [3.05, 3.63) is 11.6 Å². The van der Waals surface area contributed by atoms with Crippen LogP contribution in [0, 0.1) is 0 Å². The van der Waals surface area contributed by atoms with E-state index in [9.17, 15) is 0 Å². The number of nitrogens with two attached hydrogens (primary N) is 1. The topological polar surface area (TPSA) is 66.0 Å². The van der Waals surface area contributed by atoms with Crippen molar-refractivity contribution in [2.45, 2.75) is 44.7 Å². The molecule has 0 saturated heterocycles. The smallest absolute Gasteiger partial charge is 0.150 e. The average molecular weight is 224 g/mol. The van der Waals surface area contributed by atoms with Crippen LogP contribution in [0.25, 0.3) is 0 Å². The molecule has 0 radical (unpaired) electrons. The number of methoxy groups -OCH3 is 1. The summed E-state index contributed by atoms with van der Waals surface area (Å²) < 4.78 is 7.24. The van der Waals surface area contributed by atoms with Gasteiger partial charge in [0.2, 0.25) is 0 Å². The Labute approximate surface area is 96.0 Å². The van der Waals surface area contributed by atoms with E-state index in [4.69, 9.17) is 10.5 Å². The summed E-state index contributed by atoms with van der Waals surface area (Å²) in [6.07, 6.45) is 5.52. The predicted octanol–water partition coefficient (Wildman–Crippen LogP) is 1.04. The fourth-order valence-corrected chi connectivity index (χ4v) is 2.16. The summed E-state index contributed by atoms with van der Waals surface area (Å²) in [7, 11) is 1.69. The number of aryl methyl sites for hydroxylation is 1. The Morgan fingerprint density at radius 1 is 1.38 bits per heavy atom. The van der Waals surface area contributed by atoms with Crippen molar-refractivity contribution in [2.75, 3.05) is 13.7 Å². The SMILES string of the molecule is COCCC(N)c1nnc2n1CCCCC2. The summed E-state index contributed by atoms with van der Waals surface area (Å²) in [6.45, 7) is 1.68. The highest BCUT2D eigenvalue weighted by atomic mass is 16.5. The number of ether oxygens (including phenoxy) is 1. The second kappa shape index (κ2) is 5.41. The van der Waals surface area contributed by atoms with Gasteiger partial charge in [0.25, 0.3) is 0 Å². The minimum Gasteiger partial charge on any atom is -0.385 e. The van der Waals surface area contributed by atoms with Gasteiger partial charge in [-0.05, 0) is 19.3 Å². The van der Waals surface area contributed by atoms with Gasteiger partial charge in [-0.2, -0.15) is 0 Å². The van der Waals surface area contributed by atoms with Crippen LogP contribution >= 0.6 is 0 Å². The van der Waals surface area contributed by atoms with Crippen molar-refractivity contribution in [3.8, 4) is 0 Å². The Bertz CT molecular complexity index is 337. The highest BCUT2D eigenvalue weighted by Gasteiger charge is 2.19. The fourth-order valence-electron chi connectivity index (χ4n) is 2.16. The Morgan fingerprint density at radius 2 is 2.25 bits per heavy atom. The normalized spacial score (nSPS) is 17.9. The molecule has 0 bridgehead atoms. The maximum Gasteiger partial charge on any atom is 0.150 e. The fraction of sp³-hybridized carbons (Fsp3) is 0.818. The van der Waals surface area contributed by atoms with Gasteiger partial charge in [0.1, 0.15) is 11.6 Å². The molecule has 16 heavy (non-hydrogen) atoms. The lowest BCUT2D eigenvalue weighted by Gasteiger charge is -2.12. The van der Waals surface area contributed by atoms with Gasteiger partial charge in [-0.3, -0.25) is 0 Å². The number of hydrogen-bond donors (Lipinski definition) is 1. The van der Waals surface area contributed by atoms with Crippen molar-refractivity contribution in [3.63, 3.8) is 0 Å². The van der Waals surface area contributed by atoms with Gasteiger partial charge in [0, 0.05) is 26.7 Å². The molecule has 2 heterocycles. The van der Waals surface area contributed by atoms with E-state index >= 15 is 0 Å². The van der Waals surface area contributed by atoms with Gasteiger partial charge < -0.3 is 15.0 Å². The lowest BCUT2D eigenvalue weighted by Crippen LogP contribution is -2.19. The zero-order valence-electron chi connectivity index (χ0n) is 9.85. The number of nitrogens with zero attached hydrogens (tertiary/aromatic N) is 3. The van der Waals surface area contributed by atoms with E-state index < -0.39 is 0 Å². The second-order valence-corrected chi connectivity index (χ2v) is 4.32. The first-order chi connectivity index (χ1) is 7.83. The van der Waals surface area contributed by atoms with E-state index in [1.807, 2.05) is 0 Å². The van der Waals surface area contributed by atoms with Crippen LogP contribution in [0.15, 0.2) is 0 Å². The van der Waals surface area contributed by atoms with Gasteiger partial charge in [0.05, 0.1) is 6.04 Å². The van der Waals surface area contributed by atoms with E-state index in [1.165, 1.54) is 19.3 Å². The highest BCUT2D eigenvalue weighted by molar-refractivity contribution is 5.02. The van der Waals surface area contributed by atoms with Gasteiger partial charge in [0.15, 0.2) is 0 Å². The molecule has 1 aliphatic heterocycles. The first kappa shape index (κ1) is 11.5. The Balaban J connectivity index is 2.11. The lowest BCUT2D eigenvalue weighted by atomic mass is 10.2. The molecule has 2 rings (SSSR count). The number of hydrogen-bond acceptors (Lipinski definition) is 4. The molecule has 5 nitrogen and oxygen atoms in total. The van der Waals surface area contributed by atoms with Gasteiger partial charge >= 0.3 is 0 Å². The summed E-state index contributed by atoms with van der Waals surface area (Å²) >= 11 is 0. The molecule has 90 valence electrons. The molecule has 2 N–H and O–H groups in total. The molecule has 0 aliphatic carbocycles. The summed E-state index contributed by atoms with van der Waals surface area (Å²) in [5.74, 6) is 2.02. The first-order valence-corrected chi connectivity index (χ1v) is 5.99. The van der Waals surface area contributed by atoms with E-state index in [0.717, 1.165) is 31.0 Å². The van der Waals surface area contributed by atoms with E-state index in [0.29, 0.717) is 6.61 Å². The van der Waals surface area contributed by atoms with Crippen LogP contribution in [-0.4, -0.2) is 28.5 Å². The second-order valence-electron chi connectivity index (χ2n) is 4.32. The van der Waals surface area contributed by atoms with E-state index in [-0.39, 0.29) is 6.04 Å². The molecule has 0 amide bonds. The van der Waals surface area contributed by atoms with Crippen LogP contribution in [0.1, 0.15) is 43.4 Å². The molecule has 0 aromatic carbocycles. The third-order valence-corrected chi connectivity index (χ3v) is 3.10. The molecule has 1 aliphatic rings. The van der Waals surface area contributed by atoms with Crippen molar-refractivity contribution in [2.24, 2.45) is 5.73 Å². The molecular weight excluding hydrogens is 204 g/mol. The summed E-state index contributed by atoms with van der Waals surface area (Å²) in [4.78, 5) is 0. The number of aromatic nitrogens is 3. The number of rotatable bonds is 4. The van der Waals surface area contributed by atoms with E-state index in [1.54, 1.807) is 7.11 Å². The highest BCUT2D eigenvalue weighted by Crippen LogP contribution is 2.19. The molecular formula is C11H20N4O. The average Bonchev–Trinajstić information content (AvgIpc) is 2.55. The predicted molar refractivity (Wildman–Crippen MR) is 61.0 cm³/mol. The zero-order chi connectivity index (χ0) is 11.4. The van der Waals surface area contributed by atoms with Crippen molar-refractivity contribution in [1.82, 2.24) is 14.8 Å². The van der Waals surface area contributed by atoms with E-state index in [2.05, 4.69) is 14.8 Å². The monoisotopic (exact) mass is 224 g/mol. The molecule has 0 saturated carbocycles. The Kier molecular flexibility index (Phi) is 3.90. The van der Waals surface area contributed by atoms with Crippen LogP contribution in [0.3, 0.4) is 0 Å². The summed E-state index contributed by atoms with van der Waals surface area (Å²) in [6, 6.07) is -0.0562. The van der Waals surface area contributed by atoms with Crippen molar-refractivity contribution >= 4 is 0 Å². The molecule has 0 spiro atoms. The van der Waals surface area contributed by atoms with Gasteiger partial charge in [-0.1, -0.05) is 6.42 Å². The van der Waals surface area contributed by atoms with Crippen molar-refractivity contribution in [1.29, 1.82) is 0 Å². The summed E-state index contributed by atoms with van der Waals surface area (Å²) in [5, 5.41) is 8.46. The minimum absolute atomic E-state index is 0.0562.